The minimum atomic E-state index is -0.378. The Bertz CT molecular complexity index is 829. The first-order valence-electron chi connectivity index (χ1n) is 6.08. The Morgan fingerprint density at radius 2 is 2.05 bits per heavy atom. The summed E-state index contributed by atoms with van der Waals surface area (Å²) < 4.78 is 15.4. The van der Waals surface area contributed by atoms with E-state index in [1.165, 1.54) is 6.07 Å². The zero-order valence-corrected chi connectivity index (χ0v) is 10.5. The molecule has 0 aliphatic rings. The van der Waals surface area contributed by atoms with Crippen molar-refractivity contribution in [2.75, 3.05) is 5.73 Å². The van der Waals surface area contributed by atoms with Gasteiger partial charge in [0, 0.05) is 0 Å². The van der Waals surface area contributed by atoms with Crippen LogP contribution in [0.4, 0.5) is 10.2 Å². The third kappa shape index (κ3) is 1.97. The fourth-order valence-corrected chi connectivity index (χ4v) is 2.25. The Hall–Kier alpha value is -2.87. The van der Waals surface area contributed by atoms with Crippen LogP contribution in [0.5, 0.6) is 0 Å². The highest BCUT2D eigenvalue weighted by atomic mass is 19.1. The summed E-state index contributed by atoms with van der Waals surface area (Å²) in [6, 6.07) is 14.1. The lowest BCUT2D eigenvalue weighted by Crippen LogP contribution is -2.02. The van der Waals surface area contributed by atoms with Crippen LogP contribution in [0.2, 0.25) is 0 Å². The van der Waals surface area contributed by atoms with Gasteiger partial charge in [0.05, 0.1) is 29.1 Å². The van der Waals surface area contributed by atoms with Gasteiger partial charge in [0.25, 0.3) is 0 Å². The molecule has 98 valence electrons. The molecule has 0 aliphatic heterocycles. The van der Waals surface area contributed by atoms with Crippen molar-refractivity contribution < 1.29 is 4.39 Å². The molecule has 0 amide bonds. The van der Waals surface area contributed by atoms with Crippen molar-refractivity contribution in [1.82, 2.24) is 9.78 Å². The smallest absolute Gasteiger partial charge is 0.156 e. The summed E-state index contributed by atoms with van der Waals surface area (Å²) >= 11 is 0. The van der Waals surface area contributed by atoms with Gasteiger partial charge in [-0.25, -0.2) is 4.39 Å². The van der Waals surface area contributed by atoms with Crippen LogP contribution in [0.1, 0.15) is 11.1 Å². The van der Waals surface area contributed by atoms with E-state index in [0.29, 0.717) is 23.0 Å². The molecule has 0 spiro atoms. The fraction of sp³-hybridized carbons (Fsp3) is 0.0667. The van der Waals surface area contributed by atoms with Crippen molar-refractivity contribution in [3.05, 3.63) is 59.4 Å². The third-order valence-electron chi connectivity index (χ3n) is 3.14. The molecule has 3 rings (SSSR count). The lowest BCUT2D eigenvalue weighted by molar-refractivity contribution is 0.640. The predicted octanol–water partition coefficient (Wildman–Crippen LogP) is 2.68. The van der Waals surface area contributed by atoms with E-state index in [1.54, 1.807) is 28.9 Å². The number of hydrogen-bond acceptors (Lipinski definition) is 3. The second-order valence-electron chi connectivity index (χ2n) is 4.49. The van der Waals surface area contributed by atoms with Crippen molar-refractivity contribution in [2.24, 2.45) is 0 Å². The second kappa shape index (κ2) is 4.67. The molecule has 1 aromatic heterocycles. The lowest BCUT2D eigenvalue weighted by Gasteiger charge is -2.04. The minimum absolute atomic E-state index is 0.175. The number of nitrogen functional groups attached to an aromatic ring is 1. The highest BCUT2D eigenvalue weighted by molar-refractivity contribution is 5.89. The Morgan fingerprint density at radius 1 is 1.25 bits per heavy atom. The molecule has 5 heteroatoms. The van der Waals surface area contributed by atoms with E-state index in [1.807, 2.05) is 12.1 Å². The number of aromatic nitrogens is 2. The molecule has 2 N–H and O–H groups in total. The zero-order valence-electron chi connectivity index (χ0n) is 10.5. The highest BCUT2D eigenvalue weighted by Crippen LogP contribution is 2.24. The lowest BCUT2D eigenvalue weighted by atomic mass is 10.1. The molecule has 0 atom stereocenters. The van der Waals surface area contributed by atoms with Crippen LogP contribution in [-0.2, 0) is 6.54 Å². The standard InChI is InChI=1S/C15H11FN4/c16-12-5-2-6-13-14(12)15(18)19-20(13)9-11-4-1-3-10(7-11)8-17/h1-7H,9H2,(H2,18,19). The Morgan fingerprint density at radius 3 is 2.85 bits per heavy atom. The molecule has 0 saturated heterocycles. The summed E-state index contributed by atoms with van der Waals surface area (Å²) in [5, 5.41) is 13.4. The van der Waals surface area contributed by atoms with E-state index in [4.69, 9.17) is 11.0 Å². The van der Waals surface area contributed by atoms with Crippen molar-refractivity contribution in [3.63, 3.8) is 0 Å². The van der Waals surface area contributed by atoms with Crippen LogP contribution < -0.4 is 5.73 Å². The van der Waals surface area contributed by atoms with Crippen LogP contribution in [0.25, 0.3) is 10.9 Å². The van der Waals surface area contributed by atoms with E-state index >= 15 is 0 Å². The molecule has 20 heavy (non-hydrogen) atoms. The molecule has 2 aromatic carbocycles. The summed E-state index contributed by atoms with van der Waals surface area (Å²) in [5.41, 5.74) is 7.90. The molecule has 1 heterocycles. The molecular formula is C15H11FN4. The number of nitrogens with two attached hydrogens (primary N) is 1. The number of rotatable bonds is 2. The summed E-state index contributed by atoms with van der Waals surface area (Å²) in [5.74, 6) is -0.202. The van der Waals surface area contributed by atoms with E-state index < -0.39 is 0 Å². The summed E-state index contributed by atoms with van der Waals surface area (Å²) in [6.07, 6.45) is 0. The van der Waals surface area contributed by atoms with Crippen LogP contribution in [0.15, 0.2) is 42.5 Å². The first kappa shape index (κ1) is 12.2. The first-order valence-corrected chi connectivity index (χ1v) is 6.08. The molecule has 3 aromatic rings. The van der Waals surface area contributed by atoms with Gasteiger partial charge in [-0.15, -0.1) is 0 Å². The van der Waals surface area contributed by atoms with Crippen molar-refractivity contribution >= 4 is 16.7 Å². The zero-order chi connectivity index (χ0) is 14.1. The number of nitrogens with zero attached hydrogens (tertiary/aromatic N) is 3. The number of hydrogen-bond donors (Lipinski definition) is 1. The molecule has 0 fully saturated rings. The van der Waals surface area contributed by atoms with Gasteiger partial charge in [-0.1, -0.05) is 18.2 Å². The normalized spacial score (nSPS) is 10.6. The SMILES string of the molecule is N#Cc1cccc(Cn2nc(N)c3c(F)cccc32)c1. The number of halogens is 1. The number of benzene rings is 2. The monoisotopic (exact) mass is 266 g/mol. The quantitative estimate of drug-likeness (QED) is 0.775. The Balaban J connectivity index is 2.07. The Kier molecular flexibility index (Phi) is 2.84. The minimum Gasteiger partial charge on any atom is -0.382 e. The topological polar surface area (TPSA) is 67.6 Å². The van der Waals surface area contributed by atoms with E-state index in [9.17, 15) is 4.39 Å². The predicted molar refractivity (Wildman–Crippen MR) is 74.4 cm³/mol. The van der Waals surface area contributed by atoms with Gasteiger partial charge in [-0.05, 0) is 29.8 Å². The third-order valence-corrected chi connectivity index (χ3v) is 3.14. The molecule has 0 radical (unpaired) electrons. The summed E-state index contributed by atoms with van der Waals surface area (Å²) in [7, 11) is 0. The van der Waals surface area contributed by atoms with Gasteiger partial charge in [0.2, 0.25) is 0 Å². The van der Waals surface area contributed by atoms with Gasteiger partial charge in [0.1, 0.15) is 5.82 Å². The molecular weight excluding hydrogens is 255 g/mol. The second-order valence-corrected chi connectivity index (χ2v) is 4.49. The van der Waals surface area contributed by atoms with Crippen LogP contribution in [0.3, 0.4) is 0 Å². The fourth-order valence-electron chi connectivity index (χ4n) is 2.25. The largest absolute Gasteiger partial charge is 0.382 e. The summed E-state index contributed by atoms with van der Waals surface area (Å²) in [6.45, 7) is 0.437. The van der Waals surface area contributed by atoms with Gasteiger partial charge in [-0.2, -0.15) is 10.4 Å². The maximum Gasteiger partial charge on any atom is 0.156 e. The molecule has 0 unspecified atom stereocenters. The number of fused-ring (bicyclic) bond motifs is 1. The van der Waals surface area contributed by atoms with Crippen LogP contribution >= 0.6 is 0 Å². The van der Waals surface area contributed by atoms with Gasteiger partial charge in [-0.3, -0.25) is 4.68 Å². The number of nitriles is 1. The van der Waals surface area contributed by atoms with Crippen LogP contribution in [0, 0.1) is 17.1 Å². The highest BCUT2D eigenvalue weighted by Gasteiger charge is 2.12. The maximum atomic E-state index is 13.7. The van der Waals surface area contributed by atoms with Gasteiger partial charge >= 0.3 is 0 Å². The van der Waals surface area contributed by atoms with Crippen molar-refractivity contribution in [1.29, 1.82) is 5.26 Å². The molecule has 0 saturated carbocycles. The average molecular weight is 266 g/mol. The van der Waals surface area contributed by atoms with E-state index in [2.05, 4.69) is 11.2 Å². The van der Waals surface area contributed by atoms with Crippen molar-refractivity contribution in [3.8, 4) is 6.07 Å². The first-order chi connectivity index (χ1) is 9.69. The van der Waals surface area contributed by atoms with Gasteiger partial charge < -0.3 is 5.73 Å². The molecule has 4 nitrogen and oxygen atoms in total. The maximum absolute atomic E-state index is 13.7. The molecule has 0 bridgehead atoms. The number of anilines is 1. The average Bonchev–Trinajstić information content (AvgIpc) is 2.77. The van der Waals surface area contributed by atoms with Gasteiger partial charge in [0.15, 0.2) is 5.82 Å². The van der Waals surface area contributed by atoms with Crippen LogP contribution in [-0.4, -0.2) is 9.78 Å². The summed E-state index contributed by atoms with van der Waals surface area (Å²) in [4.78, 5) is 0. The molecule has 0 aliphatic carbocycles. The van der Waals surface area contributed by atoms with E-state index in [0.717, 1.165) is 5.56 Å². The van der Waals surface area contributed by atoms with Crippen molar-refractivity contribution in [2.45, 2.75) is 6.54 Å². The Labute approximate surface area is 114 Å². The van der Waals surface area contributed by atoms with E-state index in [-0.39, 0.29) is 11.6 Å².